The summed E-state index contributed by atoms with van der Waals surface area (Å²) in [5, 5.41) is 11.3. The molecule has 1 aromatic carbocycles. The maximum Gasteiger partial charge on any atom is 0.416 e. The number of carboxylic acid groups (broad SMARTS) is 1. The first-order chi connectivity index (χ1) is 9.79. The number of benzene rings is 1. The average molecular weight is 319 g/mol. The van der Waals surface area contributed by atoms with Crippen LogP contribution in [0.2, 0.25) is 0 Å². The number of aromatic carboxylic acids is 1. The second kappa shape index (κ2) is 5.97. The van der Waals surface area contributed by atoms with Crippen molar-refractivity contribution in [2.75, 3.05) is 16.8 Å². The SMILES string of the molecule is O=C(O)c1ccc(C(F)(F)F)cc1NC(=O)C1CCSC1. The van der Waals surface area contributed by atoms with Crippen molar-refractivity contribution in [2.24, 2.45) is 5.92 Å². The molecule has 0 aliphatic carbocycles. The molecule has 0 radical (unpaired) electrons. The smallest absolute Gasteiger partial charge is 0.416 e. The Morgan fingerprint density at radius 2 is 2.05 bits per heavy atom. The van der Waals surface area contributed by atoms with Gasteiger partial charge < -0.3 is 10.4 Å². The fraction of sp³-hybridized carbons (Fsp3) is 0.385. The quantitative estimate of drug-likeness (QED) is 0.898. The molecule has 1 atom stereocenters. The van der Waals surface area contributed by atoms with Gasteiger partial charge in [0.15, 0.2) is 0 Å². The fourth-order valence-corrected chi connectivity index (χ4v) is 3.21. The highest BCUT2D eigenvalue weighted by atomic mass is 32.2. The van der Waals surface area contributed by atoms with Gasteiger partial charge in [0.05, 0.1) is 16.8 Å². The number of halogens is 3. The van der Waals surface area contributed by atoms with Gasteiger partial charge in [0.2, 0.25) is 5.91 Å². The summed E-state index contributed by atoms with van der Waals surface area (Å²) in [5.41, 5.74) is -1.68. The van der Waals surface area contributed by atoms with E-state index in [1.807, 2.05) is 0 Å². The van der Waals surface area contributed by atoms with Crippen molar-refractivity contribution in [1.29, 1.82) is 0 Å². The van der Waals surface area contributed by atoms with E-state index in [0.29, 0.717) is 24.3 Å². The lowest BCUT2D eigenvalue weighted by Gasteiger charge is -2.14. The van der Waals surface area contributed by atoms with Gasteiger partial charge in [-0.15, -0.1) is 0 Å². The lowest BCUT2D eigenvalue weighted by molar-refractivity contribution is -0.137. The molecule has 1 saturated heterocycles. The van der Waals surface area contributed by atoms with E-state index < -0.39 is 23.6 Å². The summed E-state index contributed by atoms with van der Waals surface area (Å²) in [6, 6.07) is 2.19. The summed E-state index contributed by atoms with van der Waals surface area (Å²) >= 11 is 1.58. The van der Waals surface area contributed by atoms with Gasteiger partial charge >= 0.3 is 12.1 Å². The van der Waals surface area contributed by atoms with Gasteiger partial charge in [0.1, 0.15) is 0 Å². The molecule has 1 fully saturated rings. The Labute approximate surface area is 122 Å². The van der Waals surface area contributed by atoms with Crippen LogP contribution in [0.4, 0.5) is 18.9 Å². The van der Waals surface area contributed by atoms with Gasteiger partial charge in [-0.1, -0.05) is 0 Å². The number of carboxylic acids is 1. The first kappa shape index (κ1) is 15.7. The van der Waals surface area contributed by atoms with Crippen molar-refractivity contribution in [1.82, 2.24) is 0 Å². The van der Waals surface area contributed by atoms with E-state index in [1.54, 1.807) is 11.8 Å². The molecular formula is C13H12F3NO3S. The molecule has 2 rings (SSSR count). The highest BCUT2D eigenvalue weighted by Gasteiger charge is 2.32. The zero-order valence-corrected chi connectivity index (χ0v) is 11.6. The standard InChI is InChI=1S/C13H12F3NO3S/c14-13(15,16)8-1-2-9(12(19)20)10(5-8)17-11(18)7-3-4-21-6-7/h1-2,5,7H,3-4,6H2,(H,17,18)(H,19,20). The Kier molecular flexibility index (Phi) is 4.46. The maximum absolute atomic E-state index is 12.7. The second-order valence-corrected chi connectivity index (χ2v) is 5.76. The largest absolute Gasteiger partial charge is 0.478 e. The summed E-state index contributed by atoms with van der Waals surface area (Å²) in [6.45, 7) is 0. The molecule has 0 bridgehead atoms. The highest BCUT2D eigenvalue weighted by molar-refractivity contribution is 7.99. The summed E-state index contributed by atoms with van der Waals surface area (Å²) in [4.78, 5) is 23.0. The first-order valence-corrected chi connectivity index (χ1v) is 7.27. The molecule has 1 aliphatic rings. The summed E-state index contributed by atoms with van der Waals surface area (Å²) in [6.07, 6.45) is -3.96. The molecule has 0 saturated carbocycles. The second-order valence-electron chi connectivity index (χ2n) is 4.61. The van der Waals surface area contributed by atoms with Gasteiger partial charge in [-0.3, -0.25) is 4.79 Å². The third kappa shape index (κ3) is 3.69. The molecule has 0 aromatic heterocycles. The van der Waals surface area contributed by atoms with Gasteiger partial charge in [-0.25, -0.2) is 4.79 Å². The Hall–Kier alpha value is -1.70. The predicted molar refractivity (Wildman–Crippen MR) is 72.5 cm³/mol. The zero-order chi connectivity index (χ0) is 15.6. The van der Waals surface area contributed by atoms with E-state index in [0.717, 1.165) is 11.8 Å². The van der Waals surface area contributed by atoms with Gasteiger partial charge in [0.25, 0.3) is 0 Å². The van der Waals surface area contributed by atoms with Crippen LogP contribution in [0.15, 0.2) is 18.2 Å². The normalized spacial score (nSPS) is 18.5. The molecule has 1 amide bonds. The third-order valence-electron chi connectivity index (χ3n) is 3.14. The van der Waals surface area contributed by atoms with E-state index in [4.69, 9.17) is 5.11 Å². The topological polar surface area (TPSA) is 66.4 Å². The van der Waals surface area contributed by atoms with E-state index in [2.05, 4.69) is 5.32 Å². The number of alkyl halides is 3. The molecule has 1 unspecified atom stereocenters. The van der Waals surface area contributed by atoms with Crippen LogP contribution in [-0.4, -0.2) is 28.5 Å². The number of anilines is 1. The summed E-state index contributed by atoms with van der Waals surface area (Å²) in [5.74, 6) is -0.729. The van der Waals surface area contributed by atoms with Crippen LogP contribution in [0.1, 0.15) is 22.3 Å². The third-order valence-corrected chi connectivity index (χ3v) is 4.30. The molecule has 21 heavy (non-hydrogen) atoms. The van der Waals surface area contributed by atoms with Crippen molar-refractivity contribution in [3.8, 4) is 0 Å². The van der Waals surface area contributed by atoms with Crippen molar-refractivity contribution in [3.63, 3.8) is 0 Å². The predicted octanol–water partition coefficient (Wildman–Crippen LogP) is 3.10. The van der Waals surface area contributed by atoms with Gasteiger partial charge in [-0.2, -0.15) is 24.9 Å². The van der Waals surface area contributed by atoms with Crippen LogP contribution in [0.3, 0.4) is 0 Å². The van der Waals surface area contributed by atoms with E-state index in [1.165, 1.54) is 0 Å². The lowest BCUT2D eigenvalue weighted by Crippen LogP contribution is -2.24. The van der Waals surface area contributed by atoms with Crippen LogP contribution >= 0.6 is 11.8 Å². The molecule has 4 nitrogen and oxygen atoms in total. The van der Waals surface area contributed by atoms with E-state index in [9.17, 15) is 22.8 Å². The molecule has 8 heteroatoms. The average Bonchev–Trinajstić information content (AvgIpc) is 2.91. The Morgan fingerprint density at radius 3 is 2.57 bits per heavy atom. The summed E-state index contributed by atoms with van der Waals surface area (Å²) in [7, 11) is 0. The van der Waals surface area contributed by atoms with E-state index >= 15 is 0 Å². The van der Waals surface area contributed by atoms with E-state index in [-0.39, 0.29) is 17.2 Å². The number of rotatable bonds is 3. The van der Waals surface area contributed by atoms with Gasteiger partial charge in [-0.05, 0) is 30.4 Å². The molecule has 1 aromatic rings. The monoisotopic (exact) mass is 319 g/mol. The Morgan fingerprint density at radius 1 is 1.33 bits per heavy atom. The minimum Gasteiger partial charge on any atom is -0.478 e. The first-order valence-electron chi connectivity index (χ1n) is 6.12. The van der Waals surface area contributed by atoms with Crippen molar-refractivity contribution < 1.29 is 27.9 Å². The molecule has 1 heterocycles. The number of carbonyl (C=O) groups excluding carboxylic acids is 1. The van der Waals surface area contributed by atoms with Crippen molar-refractivity contribution >= 4 is 29.3 Å². The Bertz CT molecular complexity index is 568. The van der Waals surface area contributed by atoms with Crippen molar-refractivity contribution in [3.05, 3.63) is 29.3 Å². The van der Waals surface area contributed by atoms with Crippen LogP contribution in [0.25, 0.3) is 0 Å². The zero-order valence-electron chi connectivity index (χ0n) is 10.7. The lowest BCUT2D eigenvalue weighted by atomic mass is 10.1. The van der Waals surface area contributed by atoms with Gasteiger partial charge in [0, 0.05) is 11.7 Å². The molecular weight excluding hydrogens is 307 g/mol. The number of thioether (sulfide) groups is 1. The van der Waals surface area contributed by atoms with Crippen LogP contribution in [0, 0.1) is 5.92 Å². The highest BCUT2D eigenvalue weighted by Crippen LogP contribution is 2.33. The van der Waals surface area contributed by atoms with Crippen LogP contribution in [0.5, 0.6) is 0 Å². The van der Waals surface area contributed by atoms with Crippen LogP contribution in [-0.2, 0) is 11.0 Å². The number of hydrogen-bond donors (Lipinski definition) is 2. The minimum absolute atomic E-state index is 0.300. The minimum atomic E-state index is -4.60. The molecule has 2 N–H and O–H groups in total. The van der Waals surface area contributed by atoms with Crippen molar-refractivity contribution in [2.45, 2.75) is 12.6 Å². The molecule has 1 aliphatic heterocycles. The number of amides is 1. The number of carbonyl (C=O) groups is 2. The summed E-state index contributed by atoms with van der Waals surface area (Å²) < 4.78 is 38.0. The fourth-order valence-electron chi connectivity index (χ4n) is 1.99. The molecule has 0 spiro atoms. The number of hydrogen-bond acceptors (Lipinski definition) is 3. The maximum atomic E-state index is 12.7. The van der Waals surface area contributed by atoms with Crippen LogP contribution < -0.4 is 5.32 Å². The molecule has 114 valence electrons. The number of nitrogens with one attached hydrogen (secondary N) is 1. The Balaban J connectivity index is 2.30.